The summed E-state index contributed by atoms with van der Waals surface area (Å²) < 4.78 is 27.1. The van der Waals surface area contributed by atoms with E-state index in [-0.39, 0.29) is 0 Å². The first-order valence-corrected chi connectivity index (χ1v) is 6.25. The highest BCUT2D eigenvalue weighted by Crippen LogP contribution is 2.18. The fraction of sp³-hybridized carbons (Fsp3) is 0. The van der Waals surface area contributed by atoms with Crippen LogP contribution in [-0.4, -0.2) is 10.9 Å². The van der Waals surface area contributed by atoms with E-state index >= 15 is 0 Å². The molecule has 0 radical (unpaired) electrons. The van der Waals surface area contributed by atoms with Gasteiger partial charge in [-0.2, -0.15) is 0 Å². The number of halogens is 2. The van der Waals surface area contributed by atoms with Crippen LogP contribution in [0.5, 0.6) is 0 Å². The highest BCUT2D eigenvalue weighted by molar-refractivity contribution is 6.05. The number of hydrogen-bond acceptors (Lipinski definition) is 2. The molecular weight excluding hydrogens is 274 g/mol. The minimum Gasteiger partial charge on any atom is -0.320 e. The molecule has 1 aromatic heterocycles. The van der Waals surface area contributed by atoms with Crippen LogP contribution in [0.15, 0.2) is 54.7 Å². The maximum absolute atomic E-state index is 13.5. The maximum Gasteiger partial charge on any atom is 0.261 e. The minimum absolute atomic E-state index is 0.376. The van der Waals surface area contributed by atoms with E-state index in [1.807, 2.05) is 24.3 Å². The highest BCUT2D eigenvalue weighted by atomic mass is 19.1. The molecule has 0 unspecified atom stereocenters. The molecular formula is C16H10F2N2O. The molecule has 0 saturated carbocycles. The van der Waals surface area contributed by atoms with Crippen LogP contribution < -0.4 is 5.32 Å². The number of carbonyl (C=O) groups excluding carboxylic acids is 1. The van der Waals surface area contributed by atoms with Crippen molar-refractivity contribution in [3.63, 3.8) is 0 Å². The van der Waals surface area contributed by atoms with Gasteiger partial charge in [-0.25, -0.2) is 8.78 Å². The third kappa shape index (κ3) is 2.58. The lowest BCUT2D eigenvalue weighted by atomic mass is 10.1. The monoisotopic (exact) mass is 284 g/mol. The van der Waals surface area contributed by atoms with Crippen LogP contribution in [0.25, 0.3) is 10.9 Å². The predicted molar refractivity (Wildman–Crippen MR) is 76.1 cm³/mol. The van der Waals surface area contributed by atoms with Crippen molar-refractivity contribution < 1.29 is 13.6 Å². The molecule has 0 aliphatic heterocycles. The first-order chi connectivity index (χ1) is 10.1. The number of aromatic nitrogens is 1. The van der Waals surface area contributed by atoms with Crippen LogP contribution in [0.1, 0.15) is 10.4 Å². The number of amides is 1. The molecule has 1 heterocycles. The number of nitrogens with one attached hydrogen (secondary N) is 1. The Morgan fingerprint density at radius 3 is 2.48 bits per heavy atom. The number of para-hydroxylation sites is 1. The SMILES string of the molecule is O=C(Nc1cnc2ccccc2c1)c1c(F)cccc1F. The zero-order valence-corrected chi connectivity index (χ0v) is 10.8. The van der Waals surface area contributed by atoms with Gasteiger partial charge in [-0.15, -0.1) is 0 Å². The molecule has 1 amide bonds. The third-order valence-electron chi connectivity index (χ3n) is 3.04. The first kappa shape index (κ1) is 13.2. The van der Waals surface area contributed by atoms with Crippen LogP contribution in [-0.2, 0) is 0 Å². The summed E-state index contributed by atoms with van der Waals surface area (Å²) >= 11 is 0. The lowest BCUT2D eigenvalue weighted by Gasteiger charge is -2.07. The summed E-state index contributed by atoms with van der Waals surface area (Å²) in [4.78, 5) is 16.1. The average Bonchev–Trinajstić information content (AvgIpc) is 2.47. The summed E-state index contributed by atoms with van der Waals surface area (Å²) in [6.07, 6.45) is 1.44. The Hall–Kier alpha value is -2.82. The van der Waals surface area contributed by atoms with E-state index in [2.05, 4.69) is 10.3 Å². The molecule has 0 atom stereocenters. The van der Waals surface area contributed by atoms with Crippen LogP contribution in [0.2, 0.25) is 0 Å². The highest BCUT2D eigenvalue weighted by Gasteiger charge is 2.17. The molecule has 2 aromatic carbocycles. The normalized spacial score (nSPS) is 10.6. The Morgan fingerprint density at radius 1 is 1.00 bits per heavy atom. The van der Waals surface area contributed by atoms with E-state index < -0.39 is 23.1 Å². The second-order valence-corrected chi connectivity index (χ2v) is 4.47. The summed E-state index contributed by atoms with van der Waals surface area (Å²) in [6.45, 7) is 0. The number of hydrogen-bond donors (Lipinski definition) is 1. The zero-order chi connectivity index (χ0) is 14.8. The summed E-state index contributed by atoms with van der Waals surface area (Å²) in [5.41, 5.74) is 0.541. The van der Waals surface area contributed by atoms with Gasteiger partial charge < -0.3 is 5.32 Å². The van der Waals surface area contributed by atoms with Crippen molar-refractivity contribution in [3.05, 3.63) is 71.9 Å². The Morgan fingerprint density at radius 2 is 1.71 bits per heavy atom. The Kier molecular flexibility index (Phi) is 3.31. The van der Waals surface area contributed by atoms with E-state index in [4.69, 9.17) is 0 Å². The fourth-order valence-electron chi connectivity index (χ4n) is 2.05. The minimum atomic E-state index is -0.902. The van der Waals surface area contributed by atoms with Gasteiger partial charge in [-0.1, -0.05) is 24.3 Å². The molecule has 104 valence electrons. The summed E-state index contributed by atoms with van der Waals surface area (Å²) in [5.74, 6) is -2.65. The van der Waals surface area contributed by atoms with Gasteiger partial charge in [0, 0.05) is 5.39 Å². The van der Waals surface area contributed by atoms with E-state index in [1.54, 1.807) is 6.07 Å². The lowest BCUT2D eigenvalue weighted by Crippen LogP contribution is -2.15. The predicted octanol–water partition coefficient (Wildman–Crippen LogP) is 3.77. The van der Waals surface area contributed by atoms with Gasteiger partial charge in [0.05, 0.1) is 17.4 Å². The van der Waals surface area contributed by atoms with Gasteiger partial charge in [0.2, 0.25) is 0 Å². The molecule has 0 aliphatic carbocycles. The van der Waals surface area contributed by atoms with Crippen molar-refractivity contribution >= 4 is 22.5 Å². The second kappa shape index (κ2) is 5.28. The Labute approximate surface area is 119 Å². The maximum atomic E-state index is 13.5. The van der Waals surface area contributed by atoms with Gasteiger partial charge in [0.15, 0.2) is 0 Å². The van der Waals surface area contributed by atoms with Gasteiger partial charge in [-0.3, -0.25) is 9.78 Å². The second-order valence-electron chi connectivity index (χ2n) is 4.47. The van der Waals surface area contributed by atoms with Crippen molar-refractivity contribution in [2.24, 2.45) is 0 Å². The van der Waals surface area contributed by atoms with E-state index in [0.29, 0.717) is 5.69 Å². The molecule has 0 spiro atoms. The molecule has 1 N–H and O–H groups in total. The molecule has 0 bridgehead atoms. The van der Waals surface area contributed by atoms with Gasteiger partial charge >= 0.3 is 0 Å². The number of nitrogens with zero attached hydrogens (tertiary/aromatic N) is 1. The number of anilines is 1. The summed E-state index contributed by atoms with van der Waals surface area (Å²) in [6, 6.07) is 12.3. The van der Waals surface area contributed by atoms with Crippen molar-refractivity contribution in [2.75, 3.05) is 5.32 Å². The lowest BCUT2D eigenvalue weighted by molar-refractivity contribution is 0.101. The largest absolute Gasteiger partial charge is 0.320 e. The standard InChI is InChI=1S/C16H10F2N2O/c17-12-5-3-6-13(18)15(12)16(21)20-11-8-10-4-1-2-7-14(10)19-9-11/h1-9H,(H,20,21). The molecule has 0 fully saturated rings. The van der Waals surface area contributed by atoms with Crippen LogP contribution >= 0.6 is 0 Å². The van der Waals surface area contributed by atoms with Gasteiger partial charge in [0.25, 0.3) is 5.91 Å². The van der Waals surface area contributed by atoms with Crippen LogP contribution in [0.3, 0.4) is 0 Å². The molecule has 0 aliphatic rings. The zero-order valence-electron chi connectivity index (χ0n) is 10.8. The smallest absolute Gasteiger partial charge is 0.261 e. The van der Waals surface area contributed by atoms with E-state index in [1.165, 1.54) is 12.3 Å². The molecule has 21 heavy (non-hydrogen) atoms. The summed E-state index contributed by atoms with van der Waals surface area (Å²) in [5, 5.41) is 3.27. The van der Waals surface area contributed by atoms with Crippen molar-refractivity contribution in [3.8, 4) is 0 Å². The van der Waals surface area contributed by atoms with Crippen LogP contribution in [0.4, 0.5) is 14.5 Å². The number of fused-ring (bicyclic) bond motifs is 1. The number of pyridine rings is 1. The van der Waals surface area contributed by atoms with Crippen LogP contribution in [0, 0.1) is 11.6 Å². The van der Waals surface area contributed by atoms with Gasteiger partial charge in [0.1, 0.15) is 17.2 Å². The number of benzene rings is 2. The van der Waals surface area contributed by atoms with E-state index in [9.17, 15) is 13.6 Å². The van der Waals surface area contributed by atoms with Crippen molar-refractivity contribution in [1.82, 2.24) is 4.98 Å². The first-order valence-electron chi connectivity index (χ1n) is 6.25. The average molecular weight is 284 g/mol. The Bertz CT molecular complexity index is 813. The van der Waals surface area contributed by atoms with Crippen molar-refractivity contribution in [1.29, 1.82) is 0 Å². The summed E-state index contributed by atoms with van der Waals surface area (Å²) in [7, 11) is 0. The van der Waals surface area contributed by atoms with Crippen molar-refractivity contribution in [2.45, 2.75) is 0 Å². The third-order valence-corrected chi connectivity index (χ3v) is 3.04. The number of carbonyl (C=O) groups is 1. The molecule has 3 rings (SSSR count). The fourth-order valence-corrected chi connectivity index (χ4v) is 2.05. The molecule has 0 saturated heterocycles. The molecule has 5 heteroatoms. The number of rotatable bonds is 2. The molecule has 3 aromatic rings. The van der Waals surface area contributed by atoms with E-state index in [0.717, 1.165) is 23.0 Å². The topological polar surface area (TPSA) is 42.0 Å². The Balaban J connectivity index is 1.93. The molecule has 3 nitrogen and oxygen atoms in total. The van der Waals surface area contributed by atoms with Gasteiger partial charge in [-0.05, 0) is 24.3 Å². The quantitative estimate of drug-likeness (QED) is 0.778.